The lowest BCUT2D eigenvalue weighted by Gasteiger charge is -2.21. The van der Waals surface area contributed by atoms with Crippen LogP contribution in [0, 0.1) is 5.41 Å². The van der Waals surface area contributed by atoms with Crippen LogP contribution in [0.2, 0.25) is 0 Å². The number of nitrogens with two attached hydrogens (primary N) is 1. The minimum absolute atomic E-state index is 0.0106. The number of aliphatic hydroxyl groups excluding tert-OH is 1. The first-order chi connectivity index (χ1) is 8.44. The fourth-order valence-corrected chi connectivity index (χ4v) is 1.68. The summed E-state index contributed by atoms with van der Waals surface area (Å²) in [6.07, 6.45) is 2.20. The first kappa shape index (κ1) is 12.9. The quantitative estimate of drug-likeness (QED) is 0.616. The molecule has 1 aliphatic rings. The van der Waals surface area contributed by atoms with E-state index in [9.17, 15) is 4.79 Å². The molecule has 0 saturated heterocycles. The number of nitrogens with one attached hydrogen (secondary N) is 2. The molecule has 1 heterocycles. The maximum absolute atomic E-state index is 11.9. The highest BCUT2D eigenvalue weighted by molar-refractivity contribution is 5.97. The van der Waals surface area contributed by atoms with E-state index in [-0.39, 0.29) is 23.6 Å². The van der Waals surface area contributed by atoms with Gasteiger partial charge in [0.05, 0.1) is 11.4 Å². The van der Waals surface area contributed by atoms with Crippen LogP contribution in [0.15, 0.2) is 0 Å². The van der Waals surface area contributed by atoms with Crippen LogP contribution >= 0.6 is 0 Å². The number of H-pyrrole nitrogens is 1. The molecule has 0 aliphatic heterocycles. The van der Waals surface area contributed by atoms with Gasteiger partial charge in [-0.2, -0.15) is 5.10 Å². The second-order valence-corrected chi connectivity index (χ2v) is 5.68. The minimum atomic E-state index is -0.347. The van der Waals surface area contributed by atoms with Crippen LogP contribution in [0.3, 0.4) is 0 Å². The van der Waals surface area contributed by atoms with Gasteiger partial charge in [0.15, 0.2) is 5.69 Å². The normalized spacial score (nSPS) is 15.7. The van der Waals surface area contributed by atoms with Gasteiger partial charge < -0.3 is 16.2 Å². The predicted octanol–water partition coefficient (Wildman–Crippen LogP) is 0.618. The summed E-state index contributed by atoms with van der Waals surface area (Å²) in [7, 11) is 0. The average molecular weight is 252 g/mol. The number of nitrogen functional groups attached to an aromatic ring is 1. The van der Waals surface area contributed by atoms with E-state index < -0.39 is 0 Å². The Bertz CT molecular complexity index is 449. The maximum atomic E-state index is 11.9. The van der Waals surface area contributed by atoms with Gasteiger partial charge in [-0.25, -0.2) is 0 Å². The molecular formula is C12H20N4O2. The SMILES string of the molecule is CC(C)(CO)CNC(=O)c1n[nH]c(C2CC2)c1N. The number of carbonyl (C=O) groups excluding carboxylic acids is 1. The molecule has 6 nitrogen and oxygen atoms in total. The molecule has 0 aromatic carbocycles. The van der Waals surface area contributed by atoms with Gasteiger partial charge >= 0.3 is 0 Å². The summed E-state index contributed by atoms with van der Waals surface area (Å²) in [6, 6.07) is 0. The fourth-order valence-electron chi connectivity index (χ4n) is 1.68. The number of hydrogen-bond acceptors (Lipinski definition) is 4. The minimum Gasteiger partial charge on any atom is -0.396 e. The summed E-state index contributed by atoms with van der Waals surface area (Å²) in [6.45, 7) is 4.14. The van der Waals surface area contributed by atoms with Gasteiger partial charge in [0.25, 0.3) is 5.91 Å². The van der Waals surface area contributed by atoms with Gasteiger partial charge in [0.1, 0.15) is 0 Å². The Morgan fingerprint density at radius 1 is 1.61 bits per heavy atom. The Hall–Kier alpha value is -1.56. The third-order valence-electron chi connectivity index (χ3n) is 3.19. The third-order valence-corrected chi connectivity index (χ3v) is 3.19. The molecule has 0 spiro atoms. The second-order valence-electron chi connectivity index (χ2n) is 5.68. The smallest absolute Gasteiger partial charge is 0.273 e. The lowest BCUT2D eigenvalue weighted by molar-refractivity contribution is 0.0907. The first-order valence-corrected chi connectivity index (χ1v) is 6.17. The molecule has 1 aliphatic carbocycles. The number of nitrogens with zero attached hydrogens (tertiary/aromatic N) is 1. The molecule has 2 rings (SSSR count). The van der Waals surface area contributed by atoms with Gasteiger partial charge in [-0.05, 0) is 12.8 Å². The Labute approximate surface area is 106 Å². The van der Waals surface area contributed by atoms with Crippen LogP contribution in [-0.2, 0) is 0 Å². The number of carbonyl (C=O) groups is 1. The molecule has 100 valence electrons. The number of aromatic nitrogens is 2. The number of hydrogen-bond donors (Lipinski definition) is 4. The van der Waals surface area contributed by atoms with E-state index in [0.29, 0.717) is 18.2 Å². The third kappa shape index (κ3) is 2.64. The molecule has 0 bridgehead atoms. The number of rotatable bonds is 5. The van der Waals surface area contributed by atoms with E-state index in [1.165, 1.54) is 0 Å². The van der Waals surface area contributed by atoms with E-state index in [1.807, 2.05) is 13.8 Å². The summed E-state index contributed by atoms with van der Waals surface area (Å²) in [5.74, 6) is 0.144. The van der Waals surface area contributed by atoms with E-state index in [1.54, 1.807) is 0 Å². The van der Waals surface area contributed by atoms with Crippen molar-refractivity contribution in [3.63, 3.8) is 0 Å². The van der Waals surface area contributed by atoms with Crippen LogP contribution in [0.25, 0.3) is 0 Å². The van der Waals surface area contributed by atoms with Crippen molar-refractivity contribution in [2.75, 3.05) is 18.9 Å². The van der Waals surface area contributed by atoms with Crippen molar-refractivity contribution >= 4 is 11.6 Å². The highest BCUT2D eigenvalue weighted by atomic mass is 16.3. The largest absolute Gasteiger partial charge is 0.396 e. The summed E-state index contributed by atoms with van der Waals surface area (Å²) in [4.78, 5) is 11.9. The van der Waals surface area contributed by atoms with Crippen molar-refractivity contribution in [2.24, 2.45) is 5.41 Å². The Morgan fingerprint density at radius 3 is 2.83 bits per heavy atom. The summed E-state index contributed by atoms with van der Waals surface area (Å²) >= 11 is 0. The molecule has 0 unspecified atom stereocenters. The highest BCUT2D eigenvalue weighted by Gasteiger charge is 2.30. The Balaban J connectivity index is 2.01. The first-order valence-electron chi connectivity index (χ1n) is 6.17. The summed E-state index contributed by atoms with van der Waals surface area (Å²) in [5, 5.41) is 18.7. The van der Waals surface area contributed by atoms with Gasteiger partial charge in [0.2, 0.25) is 0 Å². The molecule has 5 N–H and O–H groups in total. The topological polar surface area (TPSA) is 104 Å². The van der Waals surface area contributed by atoms with Crippen molar-refractivity contribution in [2.45, 2.75) is 32.6 Å². The van der Waals surface area contributed by atoms with Gasteiger partial charge in [-0.1, -0.05) is 13.8 Å². The van der Waals surface area contributed by atoms with Crippen molar-refractivity contribution in [1.82, 2.24) is 15.5 Å². The van der Waals surface area contributed by atoms with Crippen molar-refractivity contribution in [1.29, 1.82) is 0 Å². The summed E-state index contributed by atoms with van der Waals surface area (Å²) < 4.78 is 0. The lowest BCUT2D eigenvalue weighted by Crippen LogP contribution is -2.36. The number of amides is 1. The van der Waals surface area contributed by atoms with E-state index >= 15 is 0 Å². The van der Waals surface area contributed by atoms with Crippen molar-refractivity contribution in [3.05, 3.63) is 11.4 Å². The van der Waals surface area contributed by atoms with Crippen LogP contribution in [0.5, 0.6) is 0 Å². The Kier molecular flexibility index (Phi) is 3.30. The predicted molar refractivity (Wildman–Crippen MR) is 68.2 cm³/mol. The molecular weight excluding hydrogens is 232 g/mol. The fraction of sp³-hybridized carbons (Fsp3) is 0.667. The summed E-state index contributed by atoms with van der Waals surface area (Å²) in [5.41, 5.74) is 7.15. The Morgan fingerprint density at radius 2 is 2.28 bits per heavy atom. The van der Waals surface area contributed by atoms with Gasteiger partial charge in [0, 0.05) is 24.5 Å². The van der Waals surface area contributed by atoms with Crippen LogP contribution in [0.4, 0.5) is 5.69 Å². The lowest BCUT2D eigenvalue weighted by atomic mass is 9.95. The molecule has 0 radical (unpaired) electrons. The van der Waals surface area contributed by atoms with Crippen LogP contribution < -0.4 is 11.1 Å². The molecule has 0 atom stereocenters. The molecule has 1 amide bonds. The van der Waals surface area contributed by atoms with E-state index in [0.717, 1.165) is 18.5 Å². The monoisotopic (exact) mass is 252 g/mol. The zero-order valence-corrected chi connectivity index (χ0v) is 10.8. The molecule has 1 aromatic rings. The zero-order valence-electron chi connectivity index (χ0n) is 10.8. The van der Waals surface area contributed by atoms with Crippen LogP contribution in [0.1, 0.15) is 48.8 Å². The van der Waals surface area contributed by atoms with E-state index in [2.05, 4.69) is 15.5 Å². The molecule has 18 heavy (non-hydrogen) atoms. The second kappa shape index (κ2) is 4.61. The number of anilines is 1. The van der Waals surface area contributed by atoms with E-state index in [4.69, 9.17) is 10.8 Å². The van der Waals surface area contributed by atoms with Gasteiger partial charge in [-0.3, -0.25) is 9.89 Å². The molecule has 1 fully saturated rings. The zero-order chi connectivity index (χ0) is 13.3. The maximum Gasteiger partial charge on any atom is 0.273 e. The number of aromatic amines is 1. The standard InChI is InChI=1S/C12H20N4O2/c1-12(2,6-17)5-14-11(18)10-8(13)9(15-16-10)7-3-4-7/h7,17H,3-6,13H2,1-2H3,(H,14,18)(H,15,16). The molecule has 6 heteroatoms. The van der Waals surface area contributed by atoms with Crippen LogP contribution in [-0.4, -0.2) is 34.4 Å². The van der Waals surface area contributed by atoms with Crippen molar-refractivity contribution in [3.8, 4) is 0 Å². The molecule has 1 aromatic heterocycles. The van der Waals surface area contributed by atoms with Crippen molar-refractivity contribution < 1.29 is 9.90 Å². The molecule has 1 saturated carbocycles. The number of aliphatic hydroxyl groups is 1. The van der Waals surface area contributed by atoms with Gasteiger partial charge in [-0.15, -0.1) is 0 Å². The average Bonchev–Trinajstić information content (AvgIpc) is 3.10. The highest BCUT2D eigenvalue weighted by Crippen LogP contribution is 2.42.